The van der Waals surface area contributed by atoms with Gasteiger partial charge in [-0.05, 0) is 24.8 Å². The number of benzene rings is 1. The van der Waals surface area contributed by atoms with Gasteiger partial charge in [-0.25, -0.2) is 0 Å². The maximum atomic E-state index is 12.1. The third-order valence-corrected chi connectivity index (χ3v) is 4.07. The number of rotatable bonds is 7. The molecular formula is C16H27ClN2O. The number of halogens is 1. The smallest absolute Gasteiger partial charge is 0.222 e. The Bertz CT molecular complexity index is 382. The fraction of sp³-hybridized carbons (Fsp3) is 0.562. The van der Waals surface area contributed by atoms with Gasteiger partial charge in [-0.15, -0.1) is 12.4 Å². The minimum absolute atomic E-state index is 0. The Morgan fingerprint density at radius 3 is 2.10 bits per heavy atom. The lowest BCUT2D eigenvalue weighted by Gasteiger charge is -2.32. The Labute approximate surface area is 128 Å². The van der Waals surface area contributed by atoms with E-state index < -0.39 is 0 Å². The second-order valence-electron chi connectivity index (χ2n) is 5.11. The highest BCUT2D eigenvalue weighted by molar-refractivity contribution is 5.85. The zero-order chi connectivity index (χ0) is 14.3. The summed E-state index contributed by atoms with van der Waals surface area (Å²) < 4.78 is 0. The molecule has 0 aliphatic carbocycles. The molecular weight excluding hydrogens is 272 g/mol. The Kier molecular flexibility index (Phi) is 8.51. The van der Waals surface area contributed by atoms with Crippen LogP contribution in [0, 0.1) is 0 Å². The van der Waals surface area contributed by atoms with Crippen molar-refractivity contribution in [2.45, 2.75) is 58.0 Å². The highest BCUT2D eigenvalue weighted by Crippen LogP contribution is 2.20. The van der Waals surface area contributed by atoms with Gasteiger partial charge in [0.05, 0.1) is 0 Å². The van der Waals surface area contributed by atoms with Crippen LogP contribution >= 0.6 is 12.4 Å². The van der Waals surface area contributed by atoms with Gasteiger partial charge in [0, 0.05) is 18.0 Å². The van der Waals surface area contributed by atoms with Gasteiger partial charge in [-0.3, -0.25) is 4.79 Å². The van der Waals surface area contributed by atoms with Crippen LogP contribution in [0.1, 0.15) is 58.1 Å². The molecule has 0 radical (unpaired) electrons. The Morgan fingerprint density at radius 1 is 1.15 bits per heavy atom. The predicted molar refractivity (Wildman–Crippen MR) is 87.0 cm³/mol. The molecule has 1 unspecified atom stereocenters. The predicted octanol–water partition coefficient (Wildman–Crippen LogP) is 3.58. The number of nitrogens with two attached hydrogens (primary N) is 1. The molecule has 0 saturated carbocycles. The summed E-state index contributed by atoms with van der Waals surface area (Å²) in [5.74, 6) is 0.0434. The molecule has 0 bridgehead atoms. The fourth-order valence-corrected chi connectivity index (χ4v) is 2.38. The molecule has 1 amide bonds. The van der Waals surface area contributed by atoms with Crippen LogP contribution in [0.2, 0.25) is 0 Å². The van der Waals surface area contributed by atoms with E-state index in [0.717, 1.165) is 24.8 Å². The molecule has 0 saturated heterocycles. The number of hydrogen-bond donors (Lipinski definition) is 2. The van der Waals surface area contributed by atoms with Crippen molar-refractivity contribution < 1.29 is 4.79 Å². The molecule has 4 heteroatoms. The van der Waals surface area contributed by atoms with Gasteiger partial charge in [-0.2, -0.15) is 0 Å². The summed E-state index contributed by atoms with van der Waals surface area (Å²) >= 11 is 0. The molecule has 3 N–H and O–H groups in total. The van der Waals surface area contributed by atoms with Gasteiger partial charge < -0.3 is 11.1 Å². The van der Waals surface area contributed by atoms with Gasteiger partial charge in [0.15, 0.2) is 0 Å². The molecule has 0 heterocycles. The molecule has 1 atom stereocenters. The van der Waals surface area contributed by atoms with E-state index in [2.05, 4.69) is 26.1 Å². The maximum absolute atomic E-state index is 12.1. The summed E-state index contributed by atoms with van der Waals surface area (Å²) in [6, 6.07) is 9.54. The number of hydrogen-bond acceptors (Lipinski definition) is 2. The van der Waals surface area contributed by atoms with Gasteiger partial charge >= 0.3 is 0 Å². The van der Waals surface area contributed by atoms with Crippen molar-refractivity contribution in [3.63, 3.8) is 0 Å². The second kappa shape index (κ2) is 8.98. The van der Waals surface area contributed by atoms with Gasteiger partial charge in [-0.1, -0.05) is 51.1 Å². The standard InChI is InChI=1S/C16H26N2O.ClH/c1-4-16(5-2,6-3)18-15(19)12-14(17)13-10-8-7-9-11-13;/h7-11,14H,4-6,12,17H2,1-3H3,(H,18,19);1H. The summed E-state index contributed by atoms with van der Waals surface area (Å²) in [6.45, 7) is 6.35. The largest absolute Gasteiger partial charge is 0.351 e. The zero-order valence-corrected chi connectivity index (χ0v) is 13.5. The average molecular weight is 299 g/mol. The van der Waals surface area contributed by atoms with Crippen LogP contribution in [0.25, 0.3) is 0 Å². The van der Waals surface area contributed by atoms with E-state index in [1.165, 1.54) is 0 Å². The van der Waals surface area contributed by atoms with Crippen LogP contribution in [-0.2, 0) is 4.79 Å². The quantitative estimate of drug-likeness (QED) is 0.808. The van der Waals surface area contributed by atoms with E-state index in [-0.39, 0.29) is 29.9 Å². The summed E-state index contributed by atoms with van der Waals surface area (Å²) in [7, 11) is 0. The van der Waals surface area contributed by atoms with Gasteiger partial charge in [0.25, 0.3) is 0 Å². The topological polar surface area (TPSA) is 55.1 Å². The molecule has 0 fully saturated rings. The van der Waals surface area contributed by atoms with E-state index in [0.29, 0.717) is 6.42 Å². The summed E-state index contributed by atoms with van der Waals surface area (Å²) in [5.41, 5.74) is 7.01. The molecule has 114 valence electrons. The van der Waals surface area contributed by atoms with Crippen molar-refractivity contribution >= 4 is 18.3 Å². The molecule has 0 aliphatic rings. The van der Waals surface area contributed by atoms with Crippen molar-refractivity contribution in [2.75, 3.05) is 0 Å². The lowest BCUT2D eigenvalue weighted by Crippen LogP contribution is -2.47. The van der Waals surface area contributed by atoms with Crippen molar-refractivity contribution in [1.82, 2.24) is 5.32 Å². The van der Waals surface area contributed by atoms with Crippen LogP contribution in [0.5, 0.6) is 0 Å². The molecule has 0 aliphatic heterocycles. The average Bonchev–Trinajstić information content (AvgIpc) is 2.46. The molecule has 1 aromatic carbocycles. The van der Waals surface area contributed by atoms with E-state index in [9.17, 15) is 4.79 Å². The van der Waals surface area contributed by atoms with Crippen LogP contribution in [0.3, 0.4) is 0 Å². The summed E-state index contributed by atoms with van der Waals surface area (Å²) in [4.78, 5) is 12.1. The first-order valence-corrected chi connectivity index (χ1v) is 7.18. The number of amides is 1. The van der Waals surface area contributed by atoms with E-state index in [1.807, 2.05) is 30.3 Å². The third-order valence-electron chi connectivity index (χ3n) is 4.07. The highest BCUT2D eigenvalue weighted by Gasteiger charge is 2.26. The maximum Gasteiger partial charge on any atom is 0.222 e. The van der Waals surface area contributed by atoms with Crippen molar-refractivity contribution in [1.29, 1.82) is 0 Å². The molecule has 1 aromatic rings. The van der Waals surface area contributed by atoms with Crippen molar-refractivity contribution in [3.8, 4) is 0 Å². The van der Waals surface area contributed by atoms with Gasteiger partial charge in [0.1, 0.15) is 0 Å². The van der Waals surface area contributed by atoms with Gasteiger partial charge in [0.2, 0.25) is 5.91 Å². The second-order valence-corrected chi connectivity index (χ2v) is 5.11. The highest BCUT2D eigenvalue weighted by atomic mass is 35.5. The molecule has 3 nitrogen and oxygen atoms in total. The summed E-state index contributed by atoms with van der Waals surface area (Å²) in [5, 5.41) is 3.16. The minimum atomic E-state index is -0.232. The van der Waals surface area contributed by atoms with E-state index in [1.54, 1.807) is 0 Å². The molecule has 20 heavy (non-hydrogen) atoms. The zero-order valence-electron chi connectivity index (χ0n) is 12.7. The third kappa shape index (κ3) is 5.14. The van der Waals surface area contributed by atoms with Crippen molar-refractivity contribution in [3.05, 3.63) is 35.9 Å². The first-order chi connectivity index (χ1) is 9.06. The Hall–Kier alpha value is -1.06. The van der Waals surface area contributed by atoms with Crippen molar-refractivity contribution in [2.24, 2.45) is 5.73 Å². The van der Waals surface area contributed by atoms with Crippen LogP contribution in [0.15, 0.2) is 30.3 Å². The van der Waals surface area contributed by atoms with Crippen LogP contribution in [0.4, 0.5) is 0 Å². The molecule has 0 spiro atoms. The Balaban J connectivity index is 0.00000361. The van der Waals surface area contributed by atoms with Crippen LogP contribution < -0.4 is 11.1 Å². The SMILES string of the molecule is CCC(CC)(CC)NC(=O)CC(N)c1ccccc1.Cl. The number of carbonyl (C=O) groups excluding carboxylic acids is 1. The van der Waals surface area contributed by atoms with Crippen LogP contribution in [-0.4, -0.2) is 11.4 Å². The molecule has 0 aromatic heterocycles. The monoisotopic (exact) mass is 298 g/mol. The molecule has 1 rings (SSSR count). The Morgan fingerprint density at radius 2 is 1.65 bits per heavy atom. The lowest BCUT2D eigenvalue weighted by molar-refractivity contribution is -0.123. The fourth-order valence-electron chi connectivity index (χ4n) is 2.38. The minimum Gasteiger partial charge on any atom is -0.351 e. The summed E-state index contributed by atoms with van der Waals surface area (Å²) in [6.07, 6.45) is 3.19. The normalized spacial score (nSPS) is 12.4. The van der Waals surface area contributed by atoms with E-state index >= 15 is 0 Å². The first-order valence-electron chi connectivity index (χ1n) is 7.18. The lowest BCUT2D eigenvalue weighted by atomic mass is 9.89. The first kappa shape index (κ1) is 18.9. The number of nitrogens with one attached hydrogen (secondary N) is 1. The number of carbonyl (C=O) groups is 1. The van der Waals surface area contributed by atoms with E-state index in [4.69, 9.17) is 5.73 Å².